The van der Waals surface area contributed by atoms with Gasteiger partial charge in [-0.15, -0.1) is 0 Å². The fourth-order valence-corrected chi connectivity index (χ4v) is 1.32. The molecule has 1 aromatic rings. The minimum Gasteiger partial charge on any atom is -0.388 e. The van der Waals surface area contributed by atoms with Crippen molar-refractivity contribution in [2.45, 2.75) is 13.3 Å². The van der Waals surface area contributed by atoms with Gasteiger partial charge in [0.25, 0.3) is 0 Å². The van der Waals surface area contributed by atoms with Crippen LogP contribution in [0, 0.1) is 6.92 Å². The van der Waals surface area contributed by atoms with E-state index in [1.54, 1.807) is 0 Å². The first-order valence-electron chi connectivity index (χ1n) is 4.20. The summed E-state index contributed by atoms with van der Waals surface area (Å²) in [4.78, 5) is 10.4. The smallest absolute Gasteiger partial charge is 0.124 e. The summed E-state index contributed by atoms with van der Waals surface area (Å²) in [6, 6.07) is 3.87. The molecule has 0 bridgehead atoms. The lowest BCUT2D eigenvalue weighted by Gasteiger charge is -2.12. The molecule has 0 aliphatic carbocycles. The van der Waals surface area contributed by atoms with Gasteiger partial charge >= 0.3 is 0 Å². The Bertz CT molecular complexity index is 323. The Morgan fingerprint density at radius 3 is 2.77 bits per heavy atom. The summed E-state index contributed by atoms with van der Waals surface area (Å²) in [5, 5.41) is 3.01. The lowest BCUT2D eigenvalue weighted by Crippen LogP contribution is -2.16. The minimum absolute atomic E-state index is 0.365. The number of carbonyl (C=O) groups is 1. The highest BCUT2D eigenvalue weighted by Gasteiger charge is 2.05. The molecule has 0 atom stereocenters. The fraction of sp³-hybridized carbons (Fsp3) is 0.300. The second kappa shape index (κ2) is 4.12. The Morgan fingerprint density at radius 1 is 1.54 bits per heavy atom. The molecule has 1 N–H and O–H groups in total. The number of anilines is 1. The molecule has 0 saturated carbocycles. The zero-order chi connectivity index (χ0) is 9.84. The monoisotopic (exact) mass is 173 g/mol. The maximum atomic E-state index is 10.4. The molecule has 2 radical (unpaired) electrons. The van der Waals surface area contributed by atoms with Crippen LogP contribution in [0.25, 0.3) is 0 Å². The van der Waals surface area contributed by atoms with E-state index in [1.165, 1.54) is 0 Å². The van der Waals surface area contributed by atoms with Crippen molar-refractivity contribution in [3.05, 3.63) is 23.3 Å². The first-order chi connectivity index (χ1) is 6.20. The third-order valence-electron chi connectivity index (χ3n) is 2.13. The van der Waals surface area contributed by atoms with Crippen molar-refractivity contribution in [3.8, 4) is 0 Å². The standard InChI is InChI=1S/C10H12BNO/c1-7-3-4-9(12-2)8(5-6-13)10(7)11/h3-4,6,12H,5H2,1-2H3. The fourth-order valence-electron chi connectivity index (χ4n) is 1.32. The molecular formula is C10H12BNO. The van der Waals surface area contributed by atoms with E-state index in [0.29, 0.717) is 11.9 Å². The number of carbonyl (C=O) groups excluding carboxylic acids is 1. The molecule has 0 amide bonds. The molecule has 66 valence electrons. The van der Waals surface area contributed by atoms with Crippen LogP contribution in [0.3, 0.4) is 0 Å². The van der Waals surface area contributed by atoms with Crippen LogP contribution in [0.2, 0.25) is 0 Å². The van der Waals surface area contributed by atoms with Crippen LogP contribution < -0.4 is 10.8 Å². The van der Waals surface area contributed by atoms with Crippen molar-refractivity contribution in [2.75, 3.05) is 12.4 Å². The van der Waals surface area contributed by atoms with Crippen LogP contribution in [-0.2, 0) is 11.2 Å². The van der Waals surface area contributed by atoms with Crippen LogP contribution in [-0.4, -0.2) is 21.2 Å². The van der Waals surface area contributed by atoms with Gasteiger partial charge in [-0.1, -0.05) is 17.1 Å². The van der Waals surface area contributed by atoms with E-state index >= 15 is 0 Å². The summed E-state index contributed by atoms with van der Waals surface area (Å²) in [6.45, 7) is 1.93. The van der Waals surface area contributed by atoms with Crippen molar-refractivity contribution in [3.63, 3.8) is 0 Å². The maximum absolute atomic E-state index is 10.4. The van der Waals surface area contributed by atoms with Gasteiger partial charge < -0.3 is 10.1 Å². The highest BCUT2D eigenvalue weighted by molar-refractivity contribution is 6.35. The molecule has 0 aliphatic rings. The van der Waals surface area contributed by atoms with Crippen LogP contribution in [0.1, 0.15) is 11.1 Å². The van der Waals surface area contributed by atoms with E-state index in [0.717, 1.165) is 23.1 Å². The number of rotatable bonds is 3. The normalized spacial score (nSPS) is 9.69. The Kier molecular flexibility index (Phi) is 3.12. The van der Waals surface area contributed by atoms with E-state index in [9.17, 15) is 4.79 Å². The summed E-state index contributed by atoms with van der Waals surface area (Å²) >= 11 is 0. The highest BCUT2D eigenvalue weighted by Crippen LogP contribution is 2.13. The molecule has 0 fully saturated rings. The first-order valence-corrected chi connectivity index (χ1v) is 4.20. The highest BCUT2D eigenvalue weighted by atomic mass is 16.1. The van der Waals surface area contributed by atoms with Gasteiger partial charge in [0.2, 0.25) is 0 Å². The molecular weight excluding hydrogens is 161 g/mol. The molecule has 0 saturated heterocycles. The Hall–Kier alpha value is -1.25. The van der Waals surface area contributed by atoms with Crippen molar-refractivity contribution in [1.29, 1.82) is 0 Å². The summed E-state index contributed by atoms with van der Waals surface area (Å²) in [5.74, 6) is 0. The first kappa shape index (κ1) is 9.84. The Morgan fingerprint density at radius 2 is 2.23 bits per heavy atom. The second-order valence-electron chi connectivity index (χ2n) is 2.94. The van der Waals surface area contributed by atoms with Crippen LogP contribution in [0.15, 0.2) is 12.1 Å². The Balaban J connectivity index is 3.23. The van der Waals surface area contributed by atoms with Crippen LogP contribution in [0.4, 0.5) is 5.69 Å². The van der Waals surface area contributed by atoms with Crippen LogP contribution in [0.5, 0.6) is 0 Å². The molecule has 0 heterocycles. The minimum atomic E-state index is 0.365. The number of hydrogen-bond donors (Lipinski definition) is 1. The van der Waals surface area contributed by atoms with Gasteiger partial charge in [0.05, 0.1) is 0 Å². The molecule has 1 aromatic carbocycles. The average molecular weight is 173 g/mol. The van der Waals surface area contributed by atoms with Crippen molar-refractivity contribution < 1.29 is 4.79 Å². The SMILES string of the molecule is [B]c1c(C)ccc(NC)c1CC=O. The summed E-state index contributed by atoms with van der Waals surface area (Å²) in [6.07, 6.45) is 1.23. The third-order valence-corrected chi connectivity index (χ3v) is 2.13. The van der Waals surface area contributed by atoms with Crippen molar-refractivity contribution in [2.24, 2.45) is 0 Å². The zero-order valence-electron chi connectivity index (χ0n) is 7.92. The maximum Gasteiger partial charge on any atom is 0.124 e. The van der Waals surface area contributed by atoms with Gasteiger partial charge in [0.1, 0.15) is 14.1 Å². The average Bonchev–Trinajstić information content (AvgIpc) is 2.14. The van der Waals surface area contributed by atoms with E-state index in [2.05, 4.69) is 5.32 Å². The largest absolute Gasteiger partial charge is 0.388 e. The summed E-state index contributed by atoms with van der Waals surface area (Å²) in [5.41, 5.74) is 3.53. The zero-order valence-corrected chi connectivity index (χ0v) is 7.92. The molecule has 1 rings (SSSR count). The number of nitrogens with one attached hydrogen (secondary N) is 1. The number of hydrogen-bond acceptors (Lipinski definition) is 2. The molecule has 0 unspecified atom stereocenters. The lowest BCUT2D eigenvalue weighted by atomic mass is 9.84. The topological polar surface area (TPSA) is 29.1 Å². The van der Waals surface area contributed by atoms with E-state index in [1.807, 2.05) is 26.1 Å². The molecule has 3 heteroatoms. The molecule has 2 nitrogen and oxygen atoms in total. The quantitative estimate of drug-likeness (QED) is 0.534. The van der Waals surface area contributed by atoms with Gasteiger partial charge in [-0.3, -0.25) is 0 Å². The predicted octanol–water partition coefficient (Wildman–Crippen LogP) is 0.572. The predicted molar refractivity (Wildman–Crippen MR) is 55.9 cm³/mol. The van der Waals surface area contributed by atoms with Gasteiger partial charge in [0, 0.05) is 19.2 Å². The molecule has 0 spiro atoms. The summed E-state index contributed by atoms with van der Waals surface area (Å²) in [7, 11) is 7.66. The van der Waals surface area contributed by atoms with E-state index in [4.69, 9.17) is 7.85 Å². The lowest BCUT2D eigenvalue weighted by molar-refractivity contribution is -0.107. The Labute approximate surface area is 79.8 Å². The number of aryl methyl sites for hydroxylation is 1. The van der Waals surface area contributed by atoms with Gasteiger partial charge in [-0.25, -0.2) is 0 Å². The number of benzene rings is 1. The van der Waals surface area contributed by atoms with Crippen molar-refractivity contribution in [1.82, 2.24) is 0 Å². The van der Waals surface area contributed by atoms with Crippen LogP contribution >= 0.6 is 0 Å². The second-order valence-corrected chi connectivity index (χ2v) is 2.94. The van der Waals surface area contributed by atoms with Gasteiger partial charge in [-0.05, 0) is 18.6 Å². The van der Waals surface area contributed by atoms with E-state index in [-0.39, 0.29) is 0 Å². The number of aldehydes is 1. The van der Waals surface area contributed by atoms with Gasteiger partial charge in [0.15, 0.2) is 0 Å². The summed E-state index contributed by atoms with van der Waals surface area (Å²) < 4.78 is 0. The van der Waals surface area contributed by atoms with Gasteiger partial charge in [-0.2, -0.15) is 0 Å². The molecule has 0 aromatic heterocycles. The third kappa shape index (κ3) is 1.91. The molecule has 0 aliphatic heterocycles. The molecule has 13 heavy (non-hydrogen) atoms. The van der Waals surface area contributed by atoms with Crippen molar-refractivity contribution >= 4 is 25.3 Å². The van der Waals surface area contributed by atoms with E-state index < -0.39 is 0 Å².